The second-order valence-electron chi connectivity index (χ2n) is 4.27. The molecule has 1 fully saturated rings. The zero-order valence-corrected chi connectivity index (χ0v) is 12.0. The van der Waals surface area contributed by atoms with Gasteiger partial charge in [0.05, 0.1) is 0 Å². The van der Waals surface area contributed by atoms with Crippen LogP contribution in [0.25, 0.3) is 0 Å². The zero-order valence-electron chi connectivity index (χ0n) is 9.57. The molecule has 2 atom stereocenters. The number of hydrogen-bond acceptors (Lipinski definition) is 4. The molecule has 1 aliphatic heterocycles. The van der Waals surface area contributed by atoms with Gasteiger partial charge >= 0.3 is 102 Å². The maximum absolute atomic E-state index is 5.98. The Kier molecular flexibility index (Phi) is 6.85. The van der Waals surface area contributed by atoms with E-state index in [9.17, 15) is 0 Å². The normalized spacial score (nSPS) is 21.8. The maximum atomic E-state index is 5.98. The molecule has 0 aliphatic carbocycles. The number of nitrogens with two attached hydrogens (primary N) is 2. The van der Waals surface area contributed by atoms with Gasteiger partial charge < -0.3 is 0 Å². The Morgan fingerprint density at radius 1 is 1.13 bits per heavy atom. The summed E-state index contributed by atoms with van der Waals surface area (Å²) in [6, 6.07) is 0.260. The molecule has 0 spiro atoms. The first-order valence-corrected chi connectivity index (χ1v) is 7.58. The van der Waals surface area contributed by atoms with Gasteiger partial charge in [-0.05, 0) is 0 Å². The molecular formula is C10H25AsN4. The first kappa shape index (κ1) is 13.5. The molecule has 0 radical (unpaired) electrons. The second kappa shape index (κ2) is 7.64. The Hall–Kier alpha value is 0.398. The Bertz CT molecular complexity index is 160. The van der Waals surface area contributed by atoms with E-state index >= 15 is 0 Å². The molecule has 0 aromatic carbocycles. The molecule has 5 heteroatoms. The van der Waals surface area contributed by atoms with Crippen LogP contribution < -0.4 is 11.5 Å². The minimum absolute atomic E-state index is 0.260. The Balaban J connectivity index is 2.14. The first-order valence-electron chi connectivity index (χ1n) is 5.86. The summed E-state index contributed by atoms with van der Waals surface area (Å²) in [6.45, 7) is 7.75. The number of piperazine rings is 1. The summed E-state index contributed by atoms with van der Waals surface area (Å²) in [5, 5.41) is 1.32. The van der Waals surface area contributed by atoms with Gasteiger partial charge in [-0.1, -0.05) is 0 Å². The third kappa shape index (κ3) is 5.32. The van der Waals surface area contributed by atoms with Gasteiger partial charge in [-0.2, -0.15) is 0 Å². The van der Waals surface area contributed by atoms with Gasteiger partial charge in [-0.3, -0.25) is 0 Å². The van der Waals surface area contributed by atoms with Crippen LogP contribution in [0.4, 0.5) is 0 Å². The van der Waals surface area contributed by atoms with Crippen molar-refractivity contribution >= 4 is 16.9 Å². The van der Waals surface area contributed by atoms with E-state index in [0.29, 0.717) is 6.54 Å². The Labute approximate surface area is 102 Å². The molecule has 0 aromatic rings. The summed E-state index contributed by atoms with van der Waals surface area (Å²) in [4.78, 5) is 5.02. The molecule has 90 valence electrons. The van der Waals surface area contributed by atoms with Gasteiger partial charge in [-0.25, -0.2) is 0 Å². The van der Waals surface area contributed by atoms with Gasteiger partial charge in [-0.15, -0.1) is 0 Å². The van der Waals surface area contributed by atoms with Crippen LogP contribution in [0.2, 0.25) is 5.21 Å². The first-order chi connectivity index (χ1) is 7.26. The molecule has 0 amide bonds. The molecule has 15 heavy (non-hydrogen) atoms. The molecule has 1 saturated heterocycles. The van der Waals surface area contributed by atoms with E-state index in [4.69, 9.17) is 11.5 Å². The molecule has 4 nitrogen and oxygen atoms in total. The van der Waals surface area contributed by atoms with E-state index in [1.807, 2.05) is 16.9 Å². The Morgan fingerprint density at radius 3 is 2.27 bits per heavy atom. The van der Waals surface area contributed by atoms with Crippen molar-refractivity contribution in [2.24, 2.45) is 11.5 Å². The van der Waals surface area contributed by atoms with Crippen LogP contribution in [-0.2, 0) is 0 Å². The predicted molar refractivity (Wildman–Crippen MR) is 67.9 cm³/mol. The van der Waals surface area contributed by atoms with E-state index < -0.39 is 0 Å². The van der Waals surface area contributed by atoms with Crippen LogP contribution in [0.3, 0.4) is 0 Å². The molecule has 0 saturated carbocycles. The molecular weight excluding hydrogens is 251 g/mol. The average Bonchev–Trinajstić information content (AvgIpc) is 2.22. The molecule has 1 rings (SSSR count). The van der Waals surface area contributed by atoms with Crippen molar-refractivity contribution in [1.82, 2.24) is 9.80 Å². The second-order valence-corrected chi connectivity index (χ2v) is 5.48. The van der Waals surface area contributed by atoms with Crippen molar-refractivity contribution in [2.75, 3.05) is 45.8 Å². The third-order valence-electron chi connectivity index (χ3n) is 2.94. The SMILES string of the molecule is NCCC(N)CN1CCN(CC[AsH2])CC1. The van der Waals surface area contributed by atoms with Crippen LogP contribution in [-0.4, -0.2) is 78.5 Å². The fourth-order valence-corrected chi connectivity index (χ4v) is 2.78. The fraction of sp³-hybridized carbons (Fsp3) is 1.00. The molecule has 1 aliphatic rings. The number of nitrogens with zero attached hydrogens (tertiary/aromatic N) is 2. The molecule has 0 bridgehead atoms. The van der Waals surface area contributed by atoms with Gasteiger partial charge in [0.1, 0.15) is 0 Å². The molecule has 0 aromatic heterocycles. The summed E-state index contributed by atoms with van der Waals surface area (Å²) in [6.07, 6.45) is 0.942. The van der Waals surface area contributed by atoms with Crippen LogP contribution >= 0.6 is 0 Å². The summed E-state index contributed by atoms with van der Waals surface area (Å²) in [5.41, 5.74) is 11.5. The standard InChI is InChI=1S/C10H25AsN4/c11-2-4-14-5-7-15(8-6-14)9-10(13)1-3-12/h10H,1-9,11-13H2. The quantitative estimate of drug-likeness (QED) is 0.570. The monoisotopic (exact) mass is 276 g/mol. The average molecular weight is 276 g/mol. The van der Waals surface area contributed by atoms with E-state index in [2.05, 4.69) is 9.80 Å². The van der Waals surface area contributed by atoms with Crippen molar-refractivity contribution in [2.45, 2.75) is 17.7 Å². The predicted octanol–water partition coefficient (Wildman–Crippen LogP) is -1.67. The summed E-state index contributed by atoms with van der Waals surface area (Å²) < 4.78 is 0. The third-order valence-corrected chi connectivity index (χ3v) is 3.48. The molecule has 4 N–H and O–H groups in total. The van der Waals surface area contributed by atoms with E-state index in [1.165, 1.54) is 37.9 Å². The van der Waals surface area contributed by atoms with Crippen molar-refractivity contribution in [3.63, 3.8) is 0 Å². The van der Waals surface area contributed by atoms with E-state index in [0.717, 1.165) is 13.0 Å². The van der Waals surface area contributed by atoms with Crippen LogP contribution in [0, 0.1) is 0 Å². The fourth-order valence-electron chi connectivity index (χ4n) is 2.02. The van der Waals surface area contributed by atoms with Crippen molar-refractivity contribution in [3.8, 4) is 0 Å². The van der Waals surface area contributed by atoms with Crippen LogP contribution in [0.15, 0.2) is 0 Å². The molecule has 2 unspecified atom stereocenters. The van der Waals surface area contributed by atoms with Gasteiger partial charge in [0.25, 0.3) is 0 Å². The summed E-state index contributed by atoms with van der Waals surface area (Å²) in [7, 11) is 0. The van der Waals surface area contributed by atoms with Crippen LogP contribution in [0.5, 0.6) is 0 Å². The van der Waals surface area contributed by atoms with Crippen molar-refractivity contribution in [3.05, 3.63) is 0 Å². The summed E-state index contributed by atoms with van der Waals surface area (Å²) >= 11 is 1.83. The van der Waals surface area contributed by atoms with Gasteiger partial charge in [0, 0.05) is 0 Å². The number of rotatable bonds is 6. The van der Waals surface area contributed by atoms with Crippen molar-refractivity contribution in [1.29, 1.82) is 0 Å². The van der Waals surface area contributed by atoms with E-state index in [1.54, 1.807) is 0 Å². The van der Waals surface area contributed by atoms with Crippen LogP contribution in [0.1, 0.15) is 6.42 Å². The number of hydrogen-bond donors (Lipinski definition) is 2. The van der Waals surface area contributed by atoms with E-state index in [-0.39, 0.29) is 6.04 Å². The van der Waals surface area contributed by atoms with Gasteiger partial charge in [0.15, 0.2) is 0 Å². The molecule has 1 heterocycles. The van der Waals surface area contributed by atoms with Gasteiger partial charge in [0.2, 0.25) is 0 Å². The Morgan fingerprint density at radius 2 is 1.73 bits per heavy atom. The van der Waals surface area contributed by atoms with Crippen molar-refractivity contribution < 1.29 is 0 Å². The topological polar surface area (TPSA) is 58.5 Å². The summed E-state index contributed by atoms with van der Waals surface area (Å²) in [5.74, 6) is 0. The minimum atomic E-state index is 0.260. The zero-order chi connectivity index (χ0) is 11.1.